The molecular weight excluding hydrogens is 178 g/mol. The molecular formula is C10H19N3O. The van der Waals surface area contributed by atoms with Gasteiger partial charge in [-0.2, -0.15) is 0 Å². The zero-order valence-corrected chi connectivity index (χ0v) is 9.40. The third kappa shape index (κ3) is 3.10. The van der Waals surface area contributed by atoms with E-state index in [0.717, 1.165) is 19.0 Å². The monoisotopic (exact) mass is 197 g/mol. The largest absolute Gasteiger partial charge is 0.377 e. The molecule has 1 aromatic heterocycles. The van der Waals surface area contributed by atoms with E-state index in [1.54, 1.807) is 6.33 Å². The van der Waals surface area contributed by atoms with Crippen LogP contribution in [-0.4, -0.2) is 27.5 Å². The van der Waals surface area contributed by atoms with Gasteiger partial charge in [-0.05, 0) is 13.8 Å². The van der Waals surface area contributed by atoms with E-state index < -0.39 is 0 Å². The first-order chi connectivity index (χ1) is 6.61. The number of aromatic nitrogens is 3. The molecule has 0 aromatic carbocycles. The van der Waals surface area contributed by atoms with Crippen molar-refractivity contribution in [2.24, 2.45) is 0 Å². The molecule has 1 aromatic rings. The van der Waals surface area contributed by atoms with Crippen LogP contribution in [0.4, 0.5) is 0 Å². The van der Waals surface area contributed by atoms with Gasteiger partial charge in [0.2, 0.25) is 0 Å². The second kappa shape index (κ2) is 5.10. The molecule has 0 saturated heterocycles. The molecule has 1 heterocycles. The molecule has 0 spiro atoms. The van der Waals surface area contributed by atoms with Crippen LogP contribution in [0.25, 0.3) is 0 Å². The van der Waals surface area contributed by atoms with Crippen LogP contribution >= 0.6 is 0 Å². The number of ether oxygens (including phenoxy) is 1. The summed E-state index contributed by atoms with van der Waals surface area (Å²) in [4.78, 5) is 0. The fourth-order valence-corrected chi connectivity index (χ4v) is 1.27. The van der Waals surface area contributed by atoms with Gasteiger partial charge in [-0.3, -0.25) is 0 Å². The van der Waals surface area contributed by atoms with E-state index in [1.807, 2.05) is 18.4 Å². The fourth-order valence-electron chi connectivity index (χ4n) is 1.27. The smallest absolute Gasteiger partial charge is 0.135 e. The molecule has 0 aliphatic carbocycles. The molecule has 0 unspecified atom stereocenters. The van der Waals surface area contributed by atoms with E-state index in [2.05, 4.69) is 24.0 Å². The summed E-state index contributed by atoms with van der Waals surface area (Å²) < 4.78 is 7.52. The van der Waals surface area contributed by atoms with Gasteiger partial charge in [-0.1, -0.05) is 13.8 Å². The first-order valence-electron chi connectivity index (χ1n) is 5.10. The Morgan fingerprint density at radius 3 is 2.64 bits per heavy atom. The SMILES string of the molecule is CC(C)OCCn1cnnc1C(C)C. The van der Waals surface area contributed by atoms with Gasteiger partial charge < -0.3 is 9.30 Å². The van der Waals surface area contributed by atoms with E-state index >= 15 is 0 Å². The van der Waals surface area contributed by atoms with Crippen molar-refractivity contribution in [3.05, 3.63) is 12.2 Å². The van der Waals surface area contributed by atoms with E-state index in [9.17, 15) is 0 Å². The predicted octanol–water partition coefficient (Wildman–Crippen LogP) is 1.83. The average molecular weight is 197 g/mol. The normalized spacial score (nSPS) is 11.6. The van der Waals surface area contributed by atoms with Crippen LogP contribution in [0.15, 0.2) is 6.33 Å². The maximum atomic E-state index is 5.47. The summed E-state index contributed by atoms with van der Waals surface area (Å²) in [5.74, 6) is 1.44. The molecule has 0 amide bonds. The zero-order valence-electron chi connectivity index (χ0n) is 9.40. The summed E-state index contributed by atoms with van der Waals surface area (Å²) in [5.41, 5.74) is 0. The maximum Gasteiger partial charge on any atom is 0.135 e. The van der Waals surface area contributed by atoms with Gasteiger partial charge in [0.05, 0.1) is 12.7 Å². The molecule has 0 saturated carbocycles. The highest BCUT2D eigenvalue weighted by Crippen LogP contribution is 2.09. The lowest BCUT2D eigenvalue weighted by molar-refractivity contribution is 0.0722. The Morgan fingerprint density at radius 2 is 2.07 bits per heavy atom. The average Bonchev–Trinajstić information content (AvgIpc) is 2.51. The lowest BCUT2D eigenvalue weighted by Crippen LogP contribution is -2.12. The minimum Gasteiger partial charge on any atom is -0.377 e. The quantitative estimate of drug-likeness (QED) is 0.723. The second-order valence-electron chi connectivity index (χ2n) is 3.96. The molecule has 1 rings (SSSR count). The van der Waals surface area contributed by atoms with Crippen molar-refractivity contribution in [2.45, 2.75) is 46.3 Å². The van der Waals surface area contributed by atoms with E-state index in [0.29, 0.717) is 5.92 Å². The van der Waals surface area contributed by atoms with E-state index in [1.165, 1.54) is 0 Å². The Bertz CT molecular complexity index is 268. The molecule has 0 aliphatic heterocycles. The van der Waals surface area contributed by atoms with Crippen LogP contribution in [0.3, 0.4) is 0 Å². The van der Waals surface area contributed by atoms with Crippen molar-refractivity contribution in [1.82, 2.24) is 14.8 Å². The van der Waals surface area contributed by atoms with Crippen molar-refractivity contribution in [1.29, 1.82) is 0 Å². The van der Waals surface area contributed by atoms with Gasteiger partial charge in [-0.15, -0.1) is 10.2 Å². The van der Waals surface area contributed by atoms with Crippen molar-refractivity contribution in [3.8, 4) is 0 Å². The maximum absolute atomic E-state index is 5.47. The molecule has 4 heteroatoms. The highest BCUT2D eigenvalue weighted by molar-refractivity contribution is 4.91. The number of hydrogen-bond donors (Lipinski definition) is 0. The first kappa shape index (κ1) is 11.2. The van der Waals surface area contributed by atoms with Crippen LogP contribution in [0, 0.1) is 0 Å². The van der Waals surface area contributed by atoms with Gasteiger partial charge in [0.1, 0.15) is 12.2 Å². The molecule has 0 radical (unpaired) electrons. The lowest BCUT2D eigenvalue weighted by atomic mass is 10.2. The molecule has 4 nitrogen and oxygen atoms in total. The van der Waals surface area contributed by atoms with Crippen molar-refractivity contribution in [2.75, 3.05) is 6.61 Å². The van der Waals surface area contributed by atoms with E-state index in [4.69, 9.17) is 4.74 Å². The summed E-state index contributed by atoms with van der Waals surface area (Å²) >= 11 is 0. The predicted molar refractivity (Wildman–Crippen MR) is 55.2 cm³/mol. The number of nitrogens with zero attached hydrogens (tertiary/aromatic N) is 3. The molecule has 0 atom stereocenters. The molecule has 14 heavy (non-hydrogen) atoms. The summed E-state index contributed by atoms with van der Waals surface area (Å²) in [6, 6.07) is 0. The van der Waals surface area contributed by atoms with Gasteiger partial charge in [0.15, 0.2) is 0 Å². The number of rotatable bonds is 5. The summed E-state index contributed by atoms with van der Waals surface area (Å²) in [7, 11) is 0. The Balaban J connectivity index is 2.46. The summed E-state index contributed by atoms with van der Waals surface area (Å²) in [6.45, 7) is 9.85. The first-order valence-corrected chi connectivity index (χ1v) is 5.10. The van der Waals surface area contributed by atoms with Crippen LogP contribution in [0.5, 0.6) is 0 Å². The van der Waals surface area contributed by atoms with Crippen molar-refractivity contribution >= 4 is 0 Å². The third-order valence-corrected chi connectivity index (χ3v) is 1.95. The standard InChI is InChI=1S/C10H19N3O/c1-8(2)10-12-11-7-13(10)5-6-14-9(3)4/h7-9H,5-6H2,1-4H3. The minimum atomic E-state index is 0.286. The minimum absolute atomic E-state index is 0.286. The van der Waals surface area contributed by atoms with Crippen LogP contribution in [0.2, 0.25) is 0 Å². The molecule has 0 fully saturated rings. The summed E-state index contributed by atoms with van der Waals surface area (Å²) in [5, 5.41) is 7.97. The number of hydrogen-bond acceptors (Lipinski definition) is 3. The Labute approximate surface area is 85.3 Å². The van der Waals surface area contributed by atoms with Gasteiger partial charge >= 0.3 is 0 Å². The van der Waals surface area contributed by atoms with Crippen molar-refractivity contribution < 1.29 is 4.74 Å². The van der Waals surface area contributed by atoms with Crippen LogP contribution in [-0.2, 0) is 11.3 Å². The van der Waals surface area contributed by atoms with Gasteiger partial charge in [0, 0.05) is 12.5 Å². The van der Waals surface area contributed by atoms with Crippen LogP contribution < -0.4 is 0 Å². The topological polar surface area (TPSA) is 39.9 Å². The Kier molecular flexibility index (Phi) is 4.07. The Hall–Kier alpha value is -0.900. The highest BCUT2D eigenvalue weighted by atomic mass is 16.5. The molecule has 0 bridgehead atoms. The molecule has 80 valence electrons. The zero-order chi connectivity index (χ0) is 10.6. The third-order valence-electron chi connectivity index (χ3n) is 1.95. The van der Waals surface area contributed by atoms with Crippen molar-refractivity contribution in [3.63, 3.8) is 0 Å². The Morgan fingerprint density at radius 1 is 1.36 bits per heavy atom. The highest BCUT2D eigenvalue weighted by Gasteiger charge is 2.07. The lowest BCUT2D eigenvalue weighted by Gasteiger charge is -2.10. The van der Waals surface area contributed by atoms with Crippen LogP contribution in [0.1, 0.15) is 39.4 Å². The van der Waals surface area contributed by atoms with E-state index in [-0.39, 0.29) is 6.10 Å². The second-order valence-corrected chi connectivity index (χ2v) is 3.96. The summed E-state index contributed by atoms with van der Waals surface area (Å²) in [6.07, 6.45) is 2.05. The molecule has 0 N–H and O–H groups in total. The fraction of sp³-hybridized carbons (Fsp3) is 0.800. The van der Waals surface area contributed by atoms with Gasteiger partial charge in [-0.25, -0.2) is 0 Å². The van der Waals surface area contributed by atoms with Gasteiger partial charge in [0.25, 0.3) is 0 Å². The molecule has 0 aliphatic rings.